The molecule has 0 atom stereocenters. The molecule has 0 aromatic heterocycles. The first-order valence-electron chi connectivity index (χ1n) is 3.80. The van der Waals surface area contributed by atoms with E-state index in [4.69, 9.17) is 0 Å². The molecule has 0 aromatic rings. The van der Waals surface area contributed by atoms with Crippen molar-refractivity contribution in [3.8, 4) is 0 Å². The number of Topliss-reactive ketones (excluding diaryl/α,β-unsaturated/α-hetero) is 1. The monoisotopic (exact) mass is 170 g/mol. The van der Waals surface area contributed by atoms with Gasteiger partial charge in [0.1, 0.15) is 5.71 Å². The first-order valence-corrected chi connectivity index (χ1v) is 3.80. The minimum absolute atomic E-state index is 0.117. The van der Waals surface area contributed by atoms with E-state index in [9.17, 15) is 9.59 Å². The highest BCUT2D eigenvalue weighted by Crippen LogP contribution is 1.90. The zero-order chi connectivity index (χ0) is 9.72. The molecule has 12 heavy (non-hydrogen) atoms. The molecule has 0 aromatic carbocycles. The number of nitrogens with one attached hydrogen (secondary N) is 1. The Morgan fingerprint density at radius 2 is 1.75 bits per heavy atom. The molecule has 0 fully saturated rings. The van der Waals surface area contributed by atoms with Crippen molar-refractivity contribution in [1.82, 2.24) is 5.43 Å². The molecular weight excluding hydrogens is 156 g/mol. The molecule has 0 aliphatic rings. The van der Waals surface area contributed by atoms with Crippen molar-refractivity contribution < 1.29 is 9.59 Å². The maximum absolute atomic E-state index is 10.9. The summed E-state index contributed by atoms with van der Waals surface area (Å²) < 4.78 is 0. The van der Waals surface area contributed by atoms with Gasteiger partial charge >= 0.3 is 0 Å². The average molecular weight is 170 g/mol. The van der Waals surface area contributed by atoms with Gasteiger partial charge in [-0.3, -0.25) is 9.59 Å². The van der Waals surface area contributed by atoms with Crippen LogP contribution in [0.5, 0.6) is 0 Å². The highest BCUT2D eigenvalue weighted by Gasteiger charge is 2.05. The van der Waals surface area contributed by atoms with Crippen LogP contribution in [0.2, 0.25) is 0 Å². The van der Waals surface area contributed by atoms with E-state index in [1.54, 1.807) is 20.8 Å². The van der Waals surface area contributed by atoms with Gasteiger partial charge < -0.3 is 0 Å². The molecule has 0 spiro atoms. The van der Waals surface area contributed by atoms with Crippen LogP contribution in [0.3, 0.4) is 0 Å². The molecule has 0 saturated heterocycles. The second-order valence-corrected chi connectivity index (χ2v) is 2.88. The number of carbonyl (C=O) groups excluding carboxylic acids is 2. The normalized spacial score (nSPS) is 11.6. The van der Waals surface area contributed by atoms with Crippen molar-refractivity contribution in [2.75, 3.05) is 0 Å². The predicted octanol–water partition coefficient (Wildman–Crippen LogP) is 0.723. The fraction of sp³-hybridized carbons (Fsp3) is 0.625. The quantitative estimate of drug-likeness (QED) is 0.501. The van der Waals surface area contributed by atoms with Crippen molar-refractivity contribution in [2.45, 2.75) is 27.7 Å². The van der Waals surface area contributed by atoms with E-state index in [2.05, 4.69) is 10.5 Å². The molecule has 1 amide bonds. The zero-order valence-corrected chi connectivity index (χ0v) is 7.84. The minimum atomic E-state index is -0.185. The van der Waals surface area contributed by atoms with Gasteiger partial charge in [0.2, 0.25) is 5.91 Å². The molecule has 0 radical (unpaired) electrons. The van der Waals surface area contributed by atoms with Crippen molar-refractivity contribution >= 4 is 17.4 Å². The van der Waals surface area contributed by atoms with Gasteiger partial charge in [-0.25, -0.2) is 5.43 Å². The van der Waals surface area contributed by atoms with Gasteiger partial charge in [-0.1, -0.05) is 13.8 Å². The Labute approximate surface area is 72.0 Å². The van der Waals surface area contributed by atoms with E-state index in [0.29, 0.717) is 5.71 Å². The first kappa shape index (κ1) is 10.8. The molecule has 4 heteroatoms. The first-order chi connectivity index (χ1) is 5.45. The molecule has 4 nitrogen and oxygen atoms in total. The largest absolute Gasteiger partial charge is 0.293 e. The molecule has 0 bridgehead atoms. The smallest absolute Gasteiger partial charge is 0.242 e. The molecule has 0 rings (SSSR count). The minimum Gasteiger partial charge on any atom is -0.293 e. The number of carbonyl (C=O) groups is 2. The van der Waals surface area contributed by atoms with Gasteiger partial charge in [0.05, 0.1) is 0 Å². The van der Waals surface area contributed by atoms with E-state index >= 15 is 0 Å². The summed E-state index contributed by atoms with van der Waals surface area (Å²) in [5.74, 6) is -0.442. The highest BCUT2D eigenvalue weighted by atomic mass is 16.2. The zero-order valence-electron chi connectivity index (χ0n) is 7.84. The molecule has 0 aliphatic heterocycles. The van der Waals surface area contributed by atoms with Crippen LogP contribution in [0.4, 0.5) is 0 Å². The number of rotatable bonds is 3. The average Bonchev–Trinajstić information content (AvgIpc) is 1.98. The standard InChI is InChI=1S/C8H14N2O2/c1-5(2)8(12)10-9-6(3)7(4)11/h5H,1-4H3,(H,10,12). The van der Waals surface area contributed by atoms with Gasteiger partial charge in [-0.15, -0.1) is 0 Å². The van der Waals surface area contributed by atoms with Gasteiger partial charge in [0.25, 0.3) is 0 Å². The molecule has 0 aliphatic carbocycles. The number of amides is 1. The fourth-order valence-electron chi connectivity index (χ4n) is 0.347. The van der Waals surface area contributed by atoms with Crippen LogP contribution in [0.1, 0.15) is 27.7 Å². The Morgan fingerprint density at radius 1 is 1.25 bits per heavy atom. The second-order valence-electron chi connectivity index (χ2n) is 2.88. The number of hydrogen-bond acceptors (Lipinski definition) is 3. The summed E-state index contributed by atoms with van der Waals surface area (Å²) in [7, 11) is 0. The lowest BCUT2D eigenvalue weighted by Crippen LogP contribution is -2.25. The third kappa shape index (κ3) is 3.85. The summed E-state index contributed by atoms with van der Waals surface area (Å²) >= 11 is 0. The number of hydrazone groups is 1. The Kier molecular flexibility index (Phi) is 4.18. The van der Waals surface area contributed by atoms with Crippen LogP contribution in [-0.2, 0) is 9.59 Å². The lowest BCUT2D eigenvalue weighted by Gasteiger charge is -2.02. The number of hydrogen-bond donors (Lipinski definition) is 1. The van der Waals surface area contributed by atoms with Crippen molar-refractivity contribution in [3.63, 3.8) is 0 Å². The highest BCUT2D eigenvalue weighted by molar-refractivity contribution is 6.38. The number of ketones is 1. The van der Waals surface area contributed by atoms with Crippen LogP contribution in [0.15, 0.2) is 5.10 Å². The second kappa shape index (κ2) is 4.64. The van der Waals surface area contributed by atoms with Crippen LogP contribution in [-0.4, -0.2) is 17.4 Å². The maximum Gasteiger partial charge on any atom is 0.242 e. The van der Waals surface area contributed by atoms with E-state index in [0.717, 1.165) is 0 Å². The summed E-state index contributed by atoms with van der Waals surface area (Å²) in [5, 5.41) is 3.61. The van der Waals surface area contributed by atoms with E-state index in [1.165, 1.54) is 6.92 Å². The summed E-state index contributed by atoms with van der Waals surface area (Å²) in [6.45, 7) is 6.48. The van der Waals surface area contributed by atoms with E-state index in [1.807, 2.05) is 0 Å². The molecular formula is C8H14N2O2. The molecule has 0 saturated carbocycles. The fourth-order valence-corrected chi connectivity index (χ4v) is 0.347. The van der Waals surface area contributed by atoms with Crippen LogP contribution < -0.4 is 5.43 Å². The van der Waals surface area contributed by atoms with Crippen molar-refractivity contribution in [3.05, 3.63) is 0 Å². The van der Waals surface area contributed by atoms with Crippen LogP contribution in [0, 0.1) is 5.92 Å². The SMILES string of the molecule is CC(=O)C(C)=NNC(=O)C(C)C. The summed E-state index contributed by atoms with van der Waals surface area (Å²) in [6.07, 6.45) is 0. The van der Waals surface area contributed by atoms with Gasteiger partial charge in [0.15, 0.2) is 5.78 Å². The molecule has 1 N–H and O–H groups in total. The molecule has 0 heterocycles. The van der Waals surface area contributed by atoms with Gasteiger partial charge in [-0.05, 0) is 6.92 Å². The van der Waals surface area contributed by atoms with E-state index in [-0.39, 0.29) is 17.6 Å². The Balaban J connectivity index is 4.05. The summed E-state index contributed by atoms with van der Waals surface area (Å²) in [5.41, 5.74) is 2.60. The van der Waals surface area contributed by atoms with Crippen LogP contribution >= 0.6 is 0 Å². The van der Waals surface area contributed by atoms with Crippen LogP contribution in [0.25, 0.3) is 0 Å². The number of nitrogens with zero attached hydrogens (tertiary/aromatic N) is 1. The third-order valence-electron chi connectivity index (χ3n) is 1.37. The topological polar surface area (TPSA) is 58.5 Å². The predicted molar refractivity (Wildman–Crippen MR) is 46.8 cm³/mol. The lowest BCUT2D eigenvalue weighted by atomic mass is 10.2. The van der Waals surface area contributed by atoms with Gasteiger partial charge in [-0.2, -0.15) is 5.10 Å². The summed E-state index contributed by atoms with van der Waals surface area (Å²) in [4.78, 5) is 21.6. The molecule has 68 valence electrons. The summed E-state index contributed by atoms with van der Waals surface area (Å²) in [6, 6.07) is 0. The Hall–Kier alpha value is -1.19. The lowest BCUT2D eigenvalue weighted by molar-refractivity contribution is -0.123. The Bertz CT molecular complexity index is 219. The van der Waals surface area contributed by atoms with E-state index < -0.39 is 0 Å². The third-order valence-corrected chi connectivity index (χ3v) is 1.37. The Morgan fingerprint density at radius 3 is 2.08 bits per heavy atom. The van der Waals surface area contributed by atoms with Gasteiger partial charge in [0, 0.05) is 12.8 Å². The van der Waals surface area contributed by atoms with Crippen molar-refractivity contribution in [1.29, 1.82) is 0 Å². The van der Waals surface area contributed by atoms with Crippen molar-refractivity contribution in [2.24, 2.45) is 11.0 Å². The molecule has 0 unspecified atom stereocenters. The maximum atomic E-state index is 10.9.